The summed E-state index contributed by atoms with van der Waals surface area (Å²) in [5, 5.41) is 0. The Morgan fingerprint density at radius 2 is 1.09 bits per heavy atom. The van der Waals surface area contributed by atoms with Crippen molar-refractivity contribution < 1.29 is 0 Å². The molecule has 1 heteroatoms. The summed E-state index contributed by atoms with van der Waals surface area (Å²) >= 11 is 0. The standard InChI is InChI=1S/C21H33N/c22-21(19-13-5-9-15-7-1-3-11-17(15)19)20-14-6-10-16-8-2-4-12-18(16)20/h1-4,15-21H,5-14,22H2. The van der Waals surface area contributed by atoms with E-state index in [1.807, 2.05) is 0 Å². The summed E-state index contributed by atoms with van der Waals surface area (Å²) in [5.74, 6) is 5.29. The van der Waals surface area contributed by atoms with Gasteiger partial charge in [-0.25, -0.2) is 0 Å². The van der Waals surface area contributed by atoms with Crippen molar-refractivity contribution >= 4 is 0 Å². The van der Waals surface area contributed by atoms with Crippen molar-refractivity contribution in [2.45, 2.75) is 70.3 Å². The molecule has 0 saturated heterocycles. The number of rotatable bonds is 2. The van der Waals surface area contributed by atoms with Crippen molar-refractivity contribution in [1.29, 1.82) is 0 Å². The molecule has 122 valence electrons. The Morgan fingerprint density at radius 3 is 1.59 bits per heavy atom. The molecule has 2 fully saturated rings. The predicted molar refractivity (Wildman–Crippen MR) is 93.4 cm³/mol. The summed E-state index contributed by atoms with van der Waals surface area (Å²) in [6, 6.07) is 0.471. The summed E-state index contributed by atoms with van der Waals surface area (Å²) in [4.78, 5) is 0. The molecule has 0 amide bonds. The molecule has 4 aliphatic carbocycles. The minimum Gasteiger partial charge on any atom is -0.327 e. The molecule has 0 spiro atoms. The molecule has 1 nitrogen and oxygen atoms in total. The van der Waals surface area contributed by atoms with E-state index >= 15 is 0 Å². The van der Waals surface area contributed by atoms with Crippen LogP contribution in [-0.4, -0.2) is 6.04 Å². The molecule has 2 N–H and O–H groups in total. The van der Waals surface area contributed by atoms with E-state index in [9.17, 15) is 0 Å². The normalized spacial score (nSPS) is 45.9. The van der Waals surface area contributed by atoms with Gasteiger partial charge in [0.15, 0.2) is 0 Å². The van der Waals surface area contributed by atoms with Gasteiger partial charge >= 0.3 is 0 Å². The van der Waals surface area contributed by atoms with Gasteiger partial charge in [-0.3, -0.25) is 0 Å². The minimum absolute atomic E-state index is 0.471. The lowest BCUT2D eigenvalue weighted by molar-refractivity contribution is 0.0517. The first-order valence-corrected chi connectivity index (χ1v) is 9.90. The zero-order valence-electron chi connectivity index (χ0n) is 14.0. The van der Waals surface area contributed by atoms with Crippen LogP contribution in [0.1, 0.15) is 64.2 Å². The highest BCUT2D eigenvalue weighted by Gasteiger charge is 2.43. The first-order valence-electron chi connectivity index (χ1n) is 9.90. The predicted octanol–water partition coefficient (Wildman–Crippen LogP) is 5.08. The molecule has 6 atom stereocenters. The van der Waals surface area contributed by atoms with Gasteiger partial charge in [-0.1, -0.05) is 37.1 Å². The van der Waals surface area contributed by atoms with E-state index < -0.39 is 0 Å². The second-order valence-corrected chi connectivity index (χ2v) is 8.50. The van der Waals surface area contributed by atoms with Crippen LogP contribution in [0.3, 0.4) is 0 Å². The minimum atomic E-state index is 0.471. The Morgan fingerprint density at radius 1 is 0.636 bits per heavy atom. The number of hydrogen-bond acceptors (Lipinski definition) is 1. The molecule has 0 aromatic rings. The number of nitrogens with two attached hydrogens (primary N) is 1. The number of fused-ring (bicyclic) bond motifs is 2. The third-order valence-corrected chi connectivity index (χ3v) is 7.55. The molecule has 0 radical (unpaired) electrons. The van der Waals surface area contributed by atoms with Crippen LogP contribution >= 0.6 is 0 Å². The second-order valence-electron chi connectivity index (χ2n) is 8.50. The van der Waals surface area contributed by atoms with E-state index in [1.165, 1.54) is 64.2 Å². The molecule has 0 bridgehead atoms. The van der Waals surface area contributed by atoms with Crippen LogP contribution in [0.4, 0.5) is 0 Å². The van der Waals surface area contributed by atoms with Gasteiger partial charge in [0.1, 0.15) is 0 Å². The molecule has 0 aliphatic heterocycles. The quantitative estimate of drug-likeness (QED) is 0.707. The van der Waals surface area contributed by atoms with Crippen molar-refractivity contribution in [3.8, 4) is 0 Å². The van der Waals surface area contributed by atoms with Gasteiger partial charge in [0.2, 0.25) is 0 Å². The molecule has 6 unspecified atom stereocenters. The average molecular weight is 300 g/mol. The lowest BCUT2D eigenvalue weighted by Crippen LogP contribution is -2.49. The van der Waals surface area contributed by atoms with Crippen LogP contribution < -0.4 is 5.73 Å². The molecule has 0 heterocycles. The van der Waals surface area contributed by atoms with Crippen molar-refractivity contribution in [3.63, 3.8) is 0 Å². The van der Waals surface area contributed by atoms with E-state index in [-0.39, 0.29) is 0 Å². The van der Waals surface area contributed by atoms with Crippen LogP contribution in [-0.2, 0) is 0 Å². The van der Waals surface area contributed by atoms with Crippen LogP contribution in [0.15, 0.2) is 24.3 Å². The second kappa shape index (κ2) is 6.51. The Kier molecular flexibility index (Phi) is 4.44. The summed E-state index contributed by atoms with van der Waals surface area (Å²) in [6.07, 6.45) is 23.6. The van der Waals surface area contributed by atoms with Crippen molar-refractivity contribution in [3.05, 3.63) is 24.3 Å². The zero-order valence-corrected chi connectivity index (χ0v) is 14.0. The molecule has 0 aromatic carbocycles. The van der Waals surface area contributed by atoms with Gasteiger partial charge in [-0.05, 0) is 86.9 Å². The van der Waals surface area contributed by atoms with Crippen LogP contribution in [0, 0.1) is 35.5 Å². The first kappa shape index (κ1) is 15.0. The molecule has 4 aliphatic rings. The summed E-state index contributed by atoms with van der Waals surface area (Å²) in [7, 11) is 0. The lowest BCUT2D eigenvalue weighted by Gasteiger charge is -2.48. The Balaban J connectivity index is 1.51. The highest BCUT2D eigenvalue weighted by atomic mass is 14.7. The molecule has 22 heavy (non-hydrogen) atoms. The van der Waals surface area contributed by atoms with Gasteiger partial charge in [-0.15, -0.1) is 0 Å². The smallest absolute Gasteiger partial charge is 0.0101 e. The van der Waals surface area contributed by atoms with E-state index in [1.54, 1.807) is 0 Å². The van der Waals surface area contributed by atoms with E-state index in [2.05, 4.69) is 24.3 Å². The van der Waals surface area contributed by atoms with Gasteiger partial charge < -0.3 is 5.73 Å². The van der Waals surface area contributed by atoms with Gasteiger partial charge in [0.25, 0.3) is 0 Å². The fourth-order valence-electron chi connectivity index (χ4n) is 6.43. The number of allylic oxidation sites excluding steroid dienone is 4. The molecule has 2 saturated carbocycles. The maximum atomic E-state index is 6.99. The van der Waals surface area contributed by atoms with E-state index in [4.69, 9.17) is 5.73 Å². The van der Waals surface area contributed by atoms with Crippen molar-refractivity contribution in [2.75, 3.05) is 0 Å². The lowest BCUT2D eigenvalue weighted by atomic mass is 9.58. The van der Waals surface area contributed by atoms with Crippen molar-refractivity contribution in [1.82, 2.24) is 0 Å². The van der Waals surface area contributed by atoms with Gasteiger partial charge in [0, 0.05) is 6.04 Å². The maximum absolute atomic E-state index is 6.99. The third kappa shape index (κ3) is 2.70. The summed E-state index contributed by atoms with van der Waals surface area (Å²) in [5.41, 5.74) is 6.99. The average Bonchev–Trinajstić information content (AvgIpc) is 2.60. The van der Waals surface area contributed by atoms with Gasteiger partial charge in [0.05, 0.1) is 0 Å². The van der Waals surface area contributed by atoms with Crippen molar-refractivity contribution in [2.24, 2.45) is 41.2 Å². The highest BCUT2D eigenvalue weighted by molar-refractivity contribution is 5.04. The molecule has 4 rings (SSSR count). The Labute approximate surface area is 136 Å². The Hall–Kier alpha value is -0.560. The third-order valence-electron chi connectivity index (χ3n) is 7.55. The fraction of sp³-hybridized carbons (Fsp3) is 0.810. The van der Waals surface area contributed by atoms with E-state index in [0.717, 1.165) is 35.5 Å². The highest BCUT2D eigenvalue weighted by Crippen LogP contribution is 2.49. The zero-order chi connectivity index (χ0) is 14.9. The maximum Gasteiger partial charge on any atom is 0.0101 e. The molecule has 0 aromatic heterocycles. The topological polar surface area (TPSA) is 26.0 Å². The van der Waals surface area contributed by atoms with E-state index in [0.29, 0.717) is 6.04 Å². The molecular formula is C21H33N. The van der Waals surface area contributed by atoms with Crippen LogP contribution in [0.2, 0.25) is 0 Å². The Bertz CT molecular complexity index is 397. The van der Waals surface area contributed by atoms with Crippen LogP contribution in [0.5, 0.6) is 0 Å². The van der Waals surface area contributed by atoms with Gasteiger partial charge in [-0.2, -0.15) is 0 Å². The fourth-order valence-corrected chi connectivity index (χ4v) is 6.43. The van der Waals surface area contributed by atoms with Crippen LogP contribution in [0.25, 0.3) is 0 Å². The first-order chi connectivity index (χ1) is 10.8. The largest absolute Gasteiger partial charge is 0.327 e. The SMILES string of the molecule is NC(C1CCCC2CC=CCC21)C1CCCC2CC=CCC21. The summed E-state index contributed by atoms with van der Waals surface area (Å²) < 4.78 is 0. The molecular weight excluding hydrogens is 266 g/mol. The monoisotopic (exact) mass is 299 g/mol. The number of hydrogen-bond donors (Lipinski definition) is 1. The summed E-state index contributed by atoms with van der Waals surface area (Å²) in [6.45, 7) is 0.